The lowest BCUT2D eigenvalue weighted by atomic mass is 10.1. The van der Waals surface area contributed by atoms with Crippen molar-refractivity contribution in [1.82, 2.24) is 10.2 Å². The minimum atomic E-state index is -0.725. The molecule has 7 nitrogen and oxygen atoms in total. The number of amides is 2. The van der Waals surface area contributed by atoms with E-state index in [9.17, 15) is 14.4 Å². The molecule has 31 heavy (non-hydrogen) atoms. The van der Waals surface area contributed by atoms with Crippen molar-refractivity contribution in [2.45, 2.75) is 25.8 Å². The molecular formula is C24H24N2O5. The molecule has 160 valence electrons. The van der Waals surface area contributed by atoms with Gasteiger partial charge in [-0.1, -0.05) is 24.3 Å². The summed E-state index contributed by atoms with van der Waals surface area (Å²) in [5.41, 5.74) is 0.978. The largest absolute Gasteiger partial charge is 0.493 e. The molecule has 0 aliphatic carbocycles. The number of nitrogens with zero attached hydrogens (tertiary/aromatic N) is 1. The summed E-state index contributed by atoms with van der Waals surface area (Å²) in [4.78, 5) is 39.3. The number of benzene rings is 2. The maximum atomic E-state index is 12.6. The molecule has 2 heterocycles. The molecule has 1 aliphatic heterocycles. The lowest BCUT2D eigenvalue weighted by molar-refractivity contribution is 0.0724. The van der Waals surface area contributed by atoms with Crippen LogP contribution in [0.4, 0.5) is 0 Å². The topological polar surface area (TPSA) is 88.9 Å². The van der Waals surface area contributed by atoms with Crippen molar-refractivity contribution in [3.05, 3.63) is 75.6 Å². The Morgan fingerprint density at radius 3 is 2.52 bits per heavy atom. The quantitative estimate of drug-likeness (QED) is 0.640. The van der Waals surface area contributed by atoms with Gasteiger partial charge in [-0.25, -0.2) is 4.79 Å². The third-order valence-corrected chi connectivity index (χ3v) is 5.49. The highest BCUT2D eigenvalue weighted by atomic mass is 16.5. The third kappa shape index (κ3) is 4.45. The molecule has 0 atom stereocenters. The van der Waals surface area contributed by atoms with Crippen LogP contribution in [0.1, 0.15) is 45.5 Å². The number of carbonyl (C=O) groups is 2. The molecule has 1 fully saturated rings. The predicted molar refractivity (Wildman–Crippen MR) is 116 cm³/mol. The van der Waals surface area contributed by atoms with Gasteiger partial charge >= 0.3 is 5.63 Å². The Labute approximate surface area is 179 Å². The van der Waals surface area contributed by atoms with Crippen LogP contribution in [0.5, 0.6) is 5.75 Å². The number of para-hydroxylation sites is 1. The number of ether oxygens (including phenoxy) is 1. The number of carbonyl (C=O) groups excluding carboxylic acids is 2. The molecule has 2 amide bonds. The van der Waals surface area contributed by atoms with Crippen molar-refractivity contribution in [2.24, 2.45) is 0 Å². The summed E-state index contributed by atoms with van der Waals surface area (Å²) in [5, 5.41) is 3.34. The zero-order valence-corrected chi connectivity index (χ0v) is 17.3. The normalized spacial score (nSPS) is 13.8. The van der Waals surface area contributed by atoms with Gasteiger partial charge in [0, 0.05) is 30.6 Å². The third-order valence-electron chi connectivity index (χ3n) is 5.49. The highest BCUT2D eigenvalue weighted by molar-refractivity contribution is 5.97. The van der Waals surface area contributed by atoms with Crippen LogP contribution in [-0.2, 0) is 6.54 Å². The van der Waals surface area contributed by atoms with Crippen LogP contribution in [0.3, 0.4) is 0 Å². The highest BCUT2D eigenvalue weighted by Gasteiger charge is 2.18. The Bertz CT molecular complexity index is 1160. The molecule has 3 aromatic rings. The van der Waals surface area contributed by atoms with E-state index in [1.54, 1.807) is 30.3 Å². The maximum absolute atomic E-state index is 12.6. The summed E-state index contributed by atoms with van der Waals surface area (Å²) >= 11 is 0. The predicted octanol–water partition coefficient (Wildman–Crippen LogP) is 3.36. The van der Waals surface area contributed by atoms with E-state index in [0.29, 0.717) is 22.3 Å². The van der Waals surface area contributed by atoms with Crippen molar-refractivity contribution < 1.29 is 18.7 Å². The van der Waals surface area contributed by atoms with Crippen molar-refractivity contribution in [2.75, 3.05) is 20.2 Å². The fraction of sp³-hybridized carbons (Fsp3) is 0.292. The number of hydrogen-bond donors (Lipinski definition) is 1. The number of nitrogens with one attached hydrogen (secondary N) is 1. The lowest BCUT2D eigenvalue weighted by Crippen LogP contribution is -2.35. The first-order valence-electron chi connectivity index (χ1n) is 10.3. The van der Waals surface area contributed by atoms with E-state index >= 15 is 0 Å². The zero-order chi connectivity index (χ0) is 21.8. The van der Waals surface area contributed by atoms with Gasteiger partial charge in [0.25, 0.3) is 11.8 Å². The van der Waals surface area contributed by atoms with Gasteiger partial charge in [0.15, 0.2) is 11.3 Å². The maximum Gasteiger partial charge on any atom is 0.349 e. The summed E-state index contributed by atoms with van der Waals surface area (Å²) < 4.78 is 10.5. The summed E-state index contributed by atoms with van der Waals surface area (Å²) in [6.45, 7) is 1.83. The van der Waals surface area contributed by atoms with E-state index in [1.165, 1.54) is 19.6 Å². The Balaban J connectivity index is 1.43. The fourth-order valence-electron chi connectivity index (χ4n) is 3.76. The Morgan fingerprint density at radius 1 is 1.06 bits per heavy atom. The summed E-state index contributed by atoms with van der Waals surface area (Å²) in [7, 11) is 1.49. The zero-order valence-electron chi connectivity index (χ0n) is 17.3. The summed E-state index contributed by atoms with van der Waals surface area (Å²) in [5.74, 6) is -0.0489. The second-order valence-electron chi connectivity index (χ2n) is 7.56. The van der Waals surface area contributed by atoms with Crippen molar-refractivity contribution >= 4 is 22.8 Å². The molecule has 0 saturated carbocycles. The van der Waals surface area contributed by atoms with E-state index in [4.69, 9.17) is 9.15 Å². The van der Waals surface area contributed by atoms with Crippen LogP contribution < -0.4 is 15.7 Å². The second kappa shape index (κ2) is 9.04. The molecule has 1 saturated heterocycles. The molecule has 0 bridgehead atoms. The average Bonchev–Trinajstić information content (AvgIpc) is 2.82. The molecule has 1 N–H and O–H groups in total. The van der Waals surface area contributed by atoms with Crippen LogP contribution in [0, 0.1) is 0 Å². The van der Waals surface area contributed by atoms with Crippen LogP contribution in [0.25, 0.3) is 11.0 Å². The first kappa shape index (κ1) is 20.7. The molecule has 4 rings (SSSR count). The number of piperidine rings is 1. The van der Waals surface area contributed by atoms with Crippen molar-refractivity contribution in [3.8, 4) is 5.75 Å². The van der Waals surface area contributed by atoms with Crippen LogP contribution >= 0.6 is 0 Å². The van der Waals surface area contributed by atoms with Gasteiger partial charge in [-0.15, -0.1) is 0 Å². The van der Waals surface area contributed by atoms with Crippen LogP contribution in [0.2, 0.25) is 0 Å². The molecule has 1 aliphatic rings. The molecule has 7 heteroatoms. The molecular weight excluding hydrogens is 396 g/mol. The van der Waals surface area contributed by atoms with Crippen molar-refractivity contribution in [3.63, 3.8) is 0 Å². The minimum Gasteiger partial charge on any atom is -0.493 e. The number of fused-ring (bicyclic) bond motifs is 1. The highest BCUT2D eigenvalue weighted by Crippen LogP contribution is 2.24. The Morgan fingerprint density at radius 2 is 1.81 bits per heavy atom. The molecule has 1 aromatic heterocycles. The standard InChI is InChI=1S/C24H24N2O5/c1-30-20-7-5-6-18-14-19(24(29)31-21(18)20)22(27)25-15-16-8-10-17(11-9-16)23(28)26-12-3-2-4-13-26/h5-11,14H,2-4,12-13,15H2,1H3,(H,25,27). The average molecular weight is 420 g/mol. The second-order valence-corrected chi connectivity index (χ2v) is 7.56. The first-order valence-corrected chi connectivity index (χ1v) is 10.3. The van der Waals surface area contributed by atoms with Gasteiger partial charge in [0.1, 0.15) is 5.56 Å². The molecule has 2 aromatic carbocycles. The van der Waals surface area contributed by atoms with E-state index in [1.807, 2.05) is 17.0 Å². The van der Waals surface area contributed by atoms with Crippen molar-refractivity contribution in [1.29, 1.82) is 0 Å². The van der Waals surface area contributed by atoms with E-state index in [-0.39, 0.29) is 18.0 Å². The van der Waals surface area contributed by atoms with Gasteiger partial charge in [0.05, 0.1) is 7.11 Å². The number of rotatable bonds is 5. The van der Waals surface area contributed by atoms with Gasteiger partial charge in [-0.3, -0.25) is 9.59 Å². The smallest absolute Gasteiger partial charge is 0.349 e. The van der Waals surface area contributed by atoms with Gasteiger partial charge in [-0.05, 0) is 49.1 Å². The van der Waals surface area contributed by atoms with Crippen LogP contribution in [-0.4, -0.2) is 36.9 Å². The molecule has 0 radical (unpaired) electrons. The van der Waals surface area contributed by atoms with E-state index in [2.05, 4.69) is 5.32 Å². The summed E-state index contributed by atoms with van der Waals surface area (Å²) in [6.07, 6.45) is 3.27. The van der Waals surface area contributed by atoms with Gasteiger partial charge in [0.2, 0.25) is 0 Å². The number of methoxy groups -OCH3 is 1. The first-order chi connectivity index (χ1) is 15.1. The van der Waals surface area contributed by atoms with Crippen LogP contribution in [0.15, 0.2) is 57.7 Å². The van der Waals surface area contributed by atoms with Gasteiger partial charge < -0.3 is 19.4 Å². The van der Waals surface area contributed by atoms with E-state index < -0.39 is 11.5 Å². The number of likely N-dealkylation sites (tertiary alicyclic amines) is 1. The monoisotopic (exact) mass is 420 g/mol. The Hall–Kier alpha value is -3.61. The fourth-order valence-corrected chi connectivity index (χ4v) is 3.76. The van der Waals surface area contributed by atoms with Gasteiger partial charge in [-0.2, -0.15) is 0 Å². The molecule has 0 unspecified atom stereocenters. The van der Waals surface area contributed by atoms with E-state index in [0.717, 1.165) is 31.5 Å². The molecule has 0 spiro atoms. The summed E-state index contributed by atoms with van der Waals surface area (Å²) in [6, 6.07) is 13.9. The number of hydrogen-bond acceptors (Lipinski definition) is 5. The lowest BCUT2D eigenvalue weighted by Gasteiger charge is -2.26. The SMILES string of the molecule is COc1cccc2cc(C(=O)NCc3ccc(C(=O)N4CCCCC4)cc3)c(=O)oc12. The minimum absolute atomic E-state index is 0.0412. The Kier molecular flexibility index (Phi) is 6.02.